The van der Waals surface area contributed by atoms with Gasteiger partial charge < -0.3 is 9.72 Å². The fourth-order valence-electron chi connectivity index (χ4n) is 2.85. The van der Waals surface area contributed by atoms with Crippen LogP contribution in [-0.4, -0.2) is 28.0 Å². The lowest BCUT2D eigenvalue weighted by Gasteiger charge is -2.03. The van der Waals surface area contributed by atoms with Gasteiger partial charge in [0.05, 0.1) is 13.3 Å². The molecule has 7 heteroatoms. The van der Waals surface area contributed by atoms with Crippen LogP contribution in [0, 0.1) is 12.7 Å². The lowest BCUT2D eigenvalue weighted by atomic mass is 10.2. The molecular weight excluding hydrogens is 335 g/mol. The molecule has 0 spiro atoms. The van der Waals surface area contributed by atoms with Crippen molar-refractivity contribution >= 4 is 28.2 Å². The highest BCUT2D eigenvalue weighted by atomic mass is 19.1. The van der Waals surface area contributed by atoms with Crippen molar-refractivity contribution in [1.29, 1.82) is 0 Å². The second-order valence-corrected chi connectivity index (χ2v) is 5.80. The van der Waals surface area contributed by atoms with Gasteiger partial charge in [-0.25, -0.2) is 9.37 Å². The Bertz CT molecular complexity index is 1220. The number of nitrogens with one attached hydrogen (secondary N) is 1. The van der Waals surface area contributed by atoms with Crippen LogP contribution in [0.5, 0.6) is 5.75 Å². The second kappa shape index (κ2) is 6.11. The average Bonchev–Trinajstić information content (AvgIpc) is 3.01. The van der Waals surface area contributed by atoms with Crippen LogP contribution in [0.15, 0.2) is 52.4 Å². The number of rotatable bonds is 3. The van der Waals surface area contributed by atoms with Crippen molar-refractivity contribution in [3.05, 3.63) is 70.0 Å². The van der Waals surface area contributed by atoms with Crippen molar-refractivity contribution < 1.29 is 9.13 Å². The SMILES string of the molecule is COc1ccc2[nH]c3c(=O)n(/N=C/c4ccccc4F)c(C)nc3c2c1. The third-order valence-electron chi connectivity index (χ3n) is 4.18. The molecule has 1 N–H and O–H groups in total. The number of halogens is 1. The van der Waals surface area contributed by atoms with Crippen molar-refractivity contribution in [2.75, 3.05) is 7.11 Å². The third kappa shape index (κ3) is 2.54. The molecule has 2 aromatic carbocycles. The molecule has 26 heavy (non-hydrogen) atoms. The van der Waals surface area contributed by atoms with Crippen LogP contribution < -0.4 is 10.3 Å². The first-order valence-electron chi connectivity index (χ1n) is 7.96. The number of hydrogen-bond donors (Lipinski definition) is 1. The number of aromatic amines is 1. The van der Waals surface area contributed by atoms with Crippen molar-refractivity contribution in [3.63, 3.8) is 0 Å². The summed E-state index contributed by atoms with van der Waals surface area (Å²) in [6.45, 7) is 1.68. The van der Waals surface area contributed by atoms with Crippen molar-refractivity contribution in [3.8, 4) is 5.75 Å². The van der Waals surface area contributed by atoms with Gasteiger partial charge in [0, 0.05) is 16.5 Å². The molecule has 0 amide bonds. The molecule has 2 aromatic heterocycles. The largest absolute Gasteiger partial charge is 0.497 e. The minimum atomic E-state index is -0.409. The third-order valence-corrected chi connectivity index (χ3v) is 4.18. The molecule has 0 aliphatic carbocycles. The van der Waals surface area contributed by atoms with Gasteiger partial charge in [-0.15, -0.1) is 0 Å². The summed E-state index contributed by atoms with van der Waals surface area (Å²) in [6.07, 6.45) is 1.31. The van der Waals surface area contributed by atoms with Crippen LogP contribution in [-0.2, 0) is 0 Å². The summed E-state index contributed by atoms with van der Waals surface area (Å²) >= 11 is 0. The quantitative estimate of drug-likeness (QED) is 0.577. The number of aryl methyl sites for hydroxylation is 1. The minimum Gasteiger partial charge on any atom is -0.497 e. The maximum absolute atomic E-state index is 13.7. The van der Waals surface area contributed by atoms with E-state index in [2.05, 4.69) is 15.1 Å². The highest BCUT2D eigenvalue weighted by Crippen LogP contribution is 2.26. The van der Waals surface area contributed by atoms with Crippen LogP contribution in [0.25, 0.3) is 21.9 Å². The first-order valence-corrected chi connectivity index (χ1v) is 7.96. The second-order valence-electron chi connectivity index (χ2n) is 5.80. The van der Waals surface area contributed by atoms with Crippen molar-refractivity contribution in [1.82, 2.24) is 14.6 Å². The van der Waals surface area contributed by atoms with Crippen LogP contribution in [0.3, 0.4) is 0 Å². The molecule has 0 aliphatic rings. The zero-order valence-corrected chi connectivity index (χ0v) is 14.2. The lowest BCUT2D eigenvalue weighted by molar-refractivity contribution is 0.415. The van der Waals surface area contributed by atoms with E-state index >= 15 is 0 Å². The highest BCUT2D eigenvalue weighted by molar-refractivity contribution is 6.05. The highest BCUT2D eigenvalue weighted by Gasteiger charge is 2.14. The topological polar surface area (TPSA) is 72.3 Å². The zero-order chi connectivity index (χ0) is 18.3. The molecule has 2 heterocycles. The van der Waals surface area contributed by atoms with E-state index in [1.165, 1.54) is 12.3 Å². The standard InChI is InChI=1S/C19H15FN4O2/c1-11-22-17-14-9-13(26-2)7-8-16(14)23-18(17)19(25)24(11)21-10-12-5-3-4-6-15(12)20/h3-10,23H,1-2H3/b21-10+. The van der Waals surface area contributed by atoms with Crippen LogP contribution in [0.4, 0.5) is 4.39 Å². The van der Waals surface area contributed by atoms with E-state index in [1.807, 2.05) is 12.1 Å². The molecule has 0 saturated carbocycles. The fourth-order valence-corrected chi connectivity index (χ4v) is 2.85. The Labute approximate surface area is 147 Å². The molecule has 0 unspecified atom stereocenters. The normalized spacial score (nSPS) is 11.7. The minimum absolute atomic E-state index is 0.292. The van der Waals surface area contributed by atoms with E-state index in [0.717, 1.165) is 15.6 Å². The summed E-state index contributed by atoms with van der Waals surface area (Å²) in [5, 5.41) is 4.92. The van der Waals surface area contributed by atoms with Gasteiger partial charge in [0.15, 0.2) is 0 Å². The molecule has 0 bridgehead atoms. The maximum Gasteiger partial charge on any atom is 0.298 e. The van der Waals surface area contributed by atoms with Gasteiger partial charge in [-0.3, -0.25) is 4.79 Å². The Morgan fingerprint density at radius 3 is 2.85 bits per heavy atom. The summed E-state index contributed by atoms with van der Waals surface area (Å²) in [5.74, 6) is 0.673. The number of nitrogens with zero attached hydrogens (tertiary/aromatic N) is 3. The summed E-state index contributed by atoms with van der Waals surface area (Å²) in [7, 11) is 1.58. The number of ether oxygens (including phenoxy) is 1. The Hall–Kier alpha value is -3.48. The fraction of sp³-hybridized carbons (Fsp3) is 0.105. The predicted octanol–water partition coefficient (Wildman–Crippen LogP) is 3.22. The summed E-state index contributed by atoms with van der Waals surface area (Å²) in [6, 6.07) is 11.7. The number of fused-ring (bicyclic) bond motifs is 3. The first-order chi connectivity index (χ1) is 12.6. The summed E-state index contributed by atoms with van der Waals surface area (Å²) < 4.78 is 20.1. The Morgan fingerprint density at radius 1 is 1.27 bits per heavy atom. The van der Waals surface area contributed by atoms with E-state index in [-0.39, 0.29) is 5.56 Å². The van der Waals surface area contributed by atoms with Gasteiger partial charge in [0.25, 0.3) is 5.56 Å². The Kier molecular flexibility index (Phi) is 3.76. The number of methoxy groups -OCH3 is 1. The van der Waals surface area contributed by atoms with E-state index < -0.39 is 5.82 Å². The molecule has 4 aromatic rings. The molecule has 4 rings (SSSR count). The van der Waals surface area contributed by atoms with E-state index in [1.54, 1.807) is 38.3 Å². The van der Waals surface area contributed by atoms with Crippen molar-refractivity contribution in [2.24, 2.45) is 5.10 Å². The Balaban J connectivity index is 1.90. The monoisotopic (exact) mass is 350 g/mol. The summed E-state index contributed by atoms with van der Waals surface area (Å²) in [5.41, 5.74) is 1.61. The molecule has 0 radical (unpaired) electrons. The summed E-state index contributed by atoms with van der Waals surface area (Å²) in [4.78, 5) is 20.4. The van der Waals surface area contributed by atoms with Crippen LogP contribution >= 0.6 is 0 Å². The molecular formula is C19H15FN4O2. The van der Waals surface area contributed by atoms with Gasteiger partial charge in [0.2, 0.25) is 0 Å². The molecule has 0 aliphatic heterocycles. The predicted molar refractivity (Wildman–Crippen MR) is 98.5 cm³/mol. The van der Waals surface area contributed by atoms with E-state index in [4.69, 9.17) is 4.74 Å². The van der Waals surface area contributed by atoms with Gasteiger partial charge in [-0.2, -0.15) is 9.78 Å². The molecule has 6 nitrogen and oxygen atoms in total. The van der Waals surface area contributed by atoms with Crippen molar-refractivity contribution in [2.45, 2.75) is 6.92 Å². The van der Waals surface area contributed by atoms with Gasteiger partial charge in [-0.05, 0) is 31.2 Å². The van der Waals surface area contributed by atoms with Gasteiger partial charge >= 0.3 is 0 Å². The molecule has 130 valence electrons. The van der Waals surface area contributed by atoms with Gasteiger partial charge in [0.1, 0.15) is 28.4 Å². The van der Waals surface area contributed by atoms with Gasteiger partial charge in [-0.1, -0.05) is 18.2 Å². The lowest BCUT2D eigenvalue weighted by Crippen LogP contribution is -2.20. The van der Waals surface area contributed by atoms with E-state index in [0.29, 0.717) is 28.2 Å². The molecule has 0 atom stereocenters. The number of aromatic nitrogens is 3. The van der Waals surface area contributed by atoms with E-state index in [9.17, 15) is 9.18 Å². The number of benzene rings is 2. The first kappa shape index (κ1) is 16.0. The Morgan fingerprint density at radius 2 is 2.08 bits per heavy atom. The van der Waals surface area contributed by atoms with Crippen LogP contribution in [0.2, 0.25) is 0 Å². The number of hydrogen-bond acceptors (Lipinski definition) is 4. The van der Waals surface area contributed by atoms with Crippen LogP contribution in [0.1, 0.15) is 11.4 Å². The smallest absolute Gasteiger partial charge is 0.298 e. The zero-order valence-electron chi connectivity index (χ0n) is 14.2. The average molecular weight is 350 g/mol. The molecule has 0 fully saturated rings. The number of H-pyrrole nitrogens is 1. The maximum atomic E-state index is 13.7. The molecule has 0 saturated heterocycles.